The Balaban J connectivity index is 1.42. The Hall–Kier alpha value is -2.45. The lowest BCUT2D eigenvalue weighted by molar-refractivity contribution is -0.114. The molecule has 4 rings (SSSR count). The van der Waals surface area contributed by atoms with Gasteiger partial charge in [-0.05, 0) is 48.6 Å². The Morgan fingerprint density at radius 2 is 2.00 bits per heavy atom. The highest BCUT2D eigenvalue weighted by molar-refractivity contribution is 7.99. The molecule has 28 heavy (non-hydrogen) atoms. The van der Waals surface area contributed by atoms with E-state index in [2.05, 4.69) is 31.5 Å². The van der Waals surface area contributed by atoms with Gasteiger partial charge in [-0.3, -0.25) is 9.59 Å². The number of ketones is 1. The predicted octanol–water partition coefficient (Wildman–Crippen LogP) is 4.20. The fourth-order valence-corrected chi connectivity index (χ4v) is 4.57. The van der Waals surface area contributed by atoms with E-state index in [9.17, 15) is 9.59 Å². The molecule has 0 unspecified atom stereocenters. The van der Waals surface area contributed by atoms with Crippen molar-refractivity contribution in [1.82, 2.24) is 14.8 Å². The molecule has 1 amide bonds. The average Bonchev–Trinajstić information content (AvgIpc) is 3.23. The van der Waals surface area contributed by atoms with Gasteiger partial charge < -0.3 is 9.88 Å². The van der Waals surface area contributed by atoms with E-state index in [1.54, 1.807) is 35.6 Å². The molecule has 2 aromatic heterocycles. The van der Waals surface area contributed by atoms with Crippen LogP contribution in [0.2, 0.25) is 0 Å². The number of rotatable bonds is 8. The number of hydrogen-bond donors (Lipinski definition) is 1. The van der Waals surface area contributed by atoms with Crippen LogP contribution in [0.25, 0.3) is 0 Å². The molecular formula is C20H20N4O2S2. The van der Waals surface area contributed by atoms with Gasteiger partial charge in [-0.15, -0.1) is 21.5 Å². The van der Waals surface area contributed by atoms with Gasteiger partial charge in [0.25, 0.3) is 0 Å². The van der Waals surface area contributed by atoms with E-state index in [1.165, 1.54) is 23.6 Å². The first-order chi connectivity index (χ1) is 13.6. The van der Waals surface area contributed by atoms with E-state index >= 15 is 0 Å². The minimum atomic E-state index is -0.132. The van der Waals surface area contributed by atoms with Crippen LogP contribution in [0.3, 0.4) is 0 Å². The lowest BCUT2D eigenvalue weighted by Crippen LogP contribution is -2.08. The number of aromatic nitrogens is 3. The zero-order valence-electron chi connectivity index (χ0n) is 15.4. The van der Waals surface area contributed by atoms with Gasteiger partial charge >= 0.3 is 0 Å². The summed E-state index contributed by atoms with van der Waals surface area (Å²) in [6, 6.07) is 11.6. The summed E-state index contributed by atoms with van der Waals surface area (Å²) in [6.45, 7) is 1.46. The normalized spacial score (nSPS) is 13.5. The van der Waals surface area contributed by atoms with Gasteiger partial charge in [-0.1, -0.05) is 17.8 Å². The number of hydrogen-bond acceptors (Lipinski definition) is 6. The molecule has 0 aliphatic heterocycles. The van der Waals surface area contributed by atoms with E-state index in [0.717, 1.165) is 30.2 Å². The van der Waals surface area contributed by atoms with Gasteiger partial charge in [-0.2, -0.15) is 0 Å². The number of thiophene rings is 1. The van der Waals surface area contributed by atoms with Crippen molar-refractivity contribution in [2.75, 3.05) is 11.1 Å². The number of thioether (sulfide) groups is 1. The van der Waals surface area contributed by atoms with Crippen LogP contribution in [-0.2, 0) is 11.2 Å². The third-order valence-corrected chi connectivity index (χ3v) is 6.24. The molecule has 3 aromatic rings. The Morgan fingerprint density at radius 1 is 1.21 bits per heavy atom. The van der Waals surface area contributed by atoms with Gasteiger partial charge in [0.05, 0.1) is 5.75 Å². The summed E-state index contributed by atoms with van der Waals surface area (Å²) in [7, 11) is 0. The van der Waals surface area contributed by atoms with E-state index in [4.69, 9.17) is 0 Å². The summed E-state index contributed by atoms with van der Waals surface area (Å²) in [5.74, 6) is 1.18. The fraction of sp³-hybridized carbons (Fsp3) is 0.300. The van der Waals surface area contributed by atoms with Crippen molar-refractivity contribution in [3.05, 3.63) is 58.0 Å². The third kappa shape index (κ3) is 4.51. The molecule has 1 saturated carbocycles. The number of Topliss-reactive ketones (excluding diaryl/α,β-unsaturated/α-hetero) is 1. The predicted molar refractivity (Wildman–Crippen MR) is 111 cm³/mol. The Bertz CT molecular complexity index is 976. The second-order valence-corrected chi connectivity index (χ2v) is 8.70. The summed E-state index contributed by atoms with van der Waals surface area (Å²) < 4.78 is 2.21. The van der Waals surface area contributed by atoms with Crippen molar-refractivity contribution in [2.24, 2.45) is 0 Å². The van der Waals surface area contributed by atoms with E-state index in [0.29, 0.717) is 23.0 Å². The third-order valence-electron chi connectivity index (χ3n) is 4.42. The highest BCUT2D eigenvalue weighted by Crippen LogP contribution is 2.39. The lowest BCUT2D eigenvalue weighted by atomic mass is 10.1. The first kappa shape index (κ1) is 18.9. The molecule has 1 aromatic carbocycles. The van der Waals surface area contributed by atoms with Crippen LogP contribution >= 0.6 is 23.1 Å². The molecular weight excluding hydrogens is 392 g/mol. The molecule has 0 saturated heterocycles. The number of benzene rings is 1. The molecule has 1 N–H and O–H groups in total. The smallest absolute Gasteiger partial charge is 0.221 e. The molecule has 1 fully saturated rings. The molecule has 0 spiro atoms. The van der Waals surface area contributed by atoms with E-state index < -0.39 is 0 Å². The van der Waals surface area contributed by atoms with Crippen LogP contribution in [0, 0.1) is 0 Å². The van der Waals surface area contributed by atoms with E-state index in [1.807, 2.05) is 6.07 Å². The maximum Gasteiger partial charge on any atom is 0.221 e. The summed E-state index contributed by atoms with van der Waals surface area (Å²) in [6.07, 6.45) is 3.06. The maximum absolute atomic E-state index is 12.5. The minimum absolute atomic E-state index is 0.0320. The number of amides is 1. The highest BCUT2D eigenvalue weighted by atomic mass is 32.2. The molecule has 0 radical (unpaired) electrons. The van der Waals surface area contributed by atoms with E-state index in [-0.39, 0.29) is 11.7 Å². The van der Waals surface area contributed by atoms with Crippen molar-refractivity contribution >= 4 is 40.5 Å². The summed E-state index contributed by atoms with van der Waals surface area (Å²) in [5.41, 5.74) is 1.31. The first-order valence-electron chi connectivity index (χ1n) is 9.10. The minimum Gasteiger partial charge on any atom is -0.326 e. The molecule has 0 bridgehead atoms. The maximum atomic E-state index is 12.5. The van der Waals surface area contributed by atoms with Crippen LogP contribution < -0.4 is 5.32 Å². The Kier molecular flexibility index (Phi) is 5.59. The van der Waals surface area contributed by atoms with Crippen molar-refractivity contribution in [2.45, 2.75) is 37.4 Å². The number of carbonyl (C=O) groups is 2. The molecule has 6 nitrogen and oxygen atoms in total. The average molecular weight is 413 g/mol. The van der Waals surface area contributed by atoms with Crippen molar-refractivity contribution in [1.29, 1.82) is 0 Å². The summed E-state index contributed by atoms with van der Waals surface area (Å²) in [5, 5.41) is 14.3. The second-order valence-electron chi connectivity index (χ2n) is 6.73. The van der Waals surface area contributed by atoms with Crippen LogP contribution in [0.4, 0.5) is 5.69 Å². The van der Waals surface area contributed by atoms with Crippen molar-refractivity contribution in [3.8, 4) is 0 Å². The number of nitrogens with zero attached hydrogens (tertiary/aromatic N) is 3. The van der Waals surface area contributed by atoms with Crippen molar-refractivity contribution < 1.29 is 9.59 Å². The molecule has 2 heterocycles. The van der Waals surface area contributed by atoms with Crippen molar-refractivity contribution in [3.63, 3.8) is 0 Å². The molecule has 0 atom stereocenters. The number of anilines is 1. The van der Waals surface area contributed by atoms with Crippen LogP contribution in [0.5, 0.6) is 0 Å². The monoisotopic (exact) mass is 412 g/mol. The molecule has 1 aliphatic carbocycles. The van der Waals surface area contributed by atoms with Gasteiger partial charge in [0, 0.05) is 35.5 Å². The quantitative estimate of drug-likeness (QED) is 0.443. The Morgan fingerprint density at radius 3 is 2.64 bits per heavy atom. The van der Waals surface area contributed by atoms with Crippen LogP contribution in [-0.4, -0.2) is 32.2 Å². The van der Waals surface area contributed by atoms with Gasteiger partial charge in [-0.25, -0.2) is 0 Å². The highest BCUT2D eigenvalue weighted by Gasteiger charge is 2.30. The zero-order chi connectivity index (χ0) is 19.5. The van der Waals surface area contributed by atoms with Crippen LogP contribution in [0.1, 0.15) is 46.9 Å². The van der Waals surface area contributed by atoms with Gasteiger partial charge in [0.15, 0.2) is 10.9 Å². The summed E-state index contributed by atoms with van der Waals surface area (Å²) >= 11 is 3.16. The second kappa shape index (κ2) is 8.28. The molecule has 1 aliphatic rings. The number of carbonyl (C=O) groups excluding carboxylic acids is 2. The topological polar surface area (TPSA) is 76.9 Å². The summed E-state index contributed by atoms with van der Waals surface area (Å²) in [4.78, 5) is 24.9. The zero-order valence-corrected chi connectivity index (χ0v) is 17.1. The lowest BCUT2D eigenvalue weighted by Gasteiger charge is -2.08. The molecule has 144 valence electrons. The number of nitrogens with one attached hydrogen (secondary N) is 1. The SMILES string of the molecule is CC(=O)Nc1ccc(C(=O)CSc2nnc(Cc3cccs3)n2C2CC2)cc1. The Labute approximate surface area is 171 Å². The van der Waals surface area contributed by atoms with Gasteiger partial charge in [0.1, 0.15) is 5.82 Å². The fourth-order valence-electron chi connectivity index (χ4n) is 2.95. The largest absolute Gasteiger partial charge is 0.326 e. The standard InChI is InChI=1S/C20H20N4O2S2/c1-13(25)21-15-6-4-14(5-7-15)18(26)12-28-20-23-22-19(24(20)16-8-9-16)11-17-3-2-10-27-17/h2-7,10,16H,8-9,11-12H2,1H3,(H,21,25). The van der Waals surface area contributed by atoms with Gasteiger partial charge in [0.2, 0.25) is 5.91 Å². The first-order valence-corrected chi connectivity index (χ1v) is 11.0. The molecule has 8 heteroatoms. The van der Waals surface area contributed by atoms with Crippen LogP contribution in [0.15, 0.2) is 46.9 Å².